The van der Waals surface area contributed by atoms with Crippen molar-refractivity contribution in [3.05, 3.63) is 30.6 Å². The summed E-state index contributed by atoms with van der Waals surface area (Å²) in [6.45, 7) is 3.72. The Morgan fingerprint density at radius 3 is 3.00 bits per heavy atom. The molecule has 0 saturated carbocycles. The molecule has 0 atom stereocenters. The summed E-state index contributed by atoms with van der Waals surface area (Å²) in [5.41, 5.74) is 0.921. The third-order valence-corrected chi connectivity index (χ3v) is 3.35. The third-order valence-electron chi connectivity index (χ3n) is 2.31. The summed E-state index contributed by atoms with van der Waals surface area (Å²) in [7, 11) is 0. The zero-order valence-electron chi connectivity index (χ0n) is 10.9. The van der Waals surface area contributed by atoms with Crippen molar-refractivity contribution < 1.29 is 9.53 Å². The van der Waals surface area contributed by atoms with E-state index in [-0.39, 0.29) is 24.5 Å². The number of carbonyl (C=O) groups excluding carboxylic acids is 1. The molecule has 0 N–H and O–H groups in total. The quantitative estimate of drug-likeness (QED) is 0.628. The van der Waals surface area contributed by atoms with Gasteiger partial charge >= 0.3 is 5.97 Å². The second-order valence-corrected chi connectivity index (χ2v) is 5.27. The fourth-order valence-electron chi connectivity index (χ4n) is 1.60. The molecule has 0 saturated heterocycles. The van der Waals surface area contributed by atoms with E-state index in [0.717, 1.165) is 10.7 Å². The van der Waals surface area contributed by atoms with Crippen LogP contribution in [0.3, 0.4) is 0 Å². The van der Waals surface area contributed by atoms with E-state index in [1.165, 1.54) is 0 Å². The van der Waals surface area contributed by atoms with Crippen molar-refractivity contribution in [2.45, 2.75) is 31.4 Å². The fraction of sp³-hybridized carbons (Fsp3) is 0.385. The van der Waals surface area contributed by atoms with Gasteiger partial charge in [-0.15, -0.1) is 24.2 Å². The third kappa shape index (κ3) is 4.44. The summed E-state index contributed by atoms with van der Waals surface area (Å²) >= 11 is 1.63. The molecule has 0 fully saturated rings. The van der Waals surface area contributed by atoms with Gasteiger partial charge in [-0.05, 0) is 26.0 Å². The van der Waals surface area contributed by atoms with Crippen molar-refractivity contribution in [2.75, 3.05) is 5.75 Å². The fourth-order valence-corrected chi connectivity index (χ4v) is 2.55. The number of ether oxygens (including phenoxy) is 1. The number of esters is 1. The monoisotopic (exact) mass is 300 g/mol. The normalized spacial score (nSPS) is 10.5. The number of fused-ring (bicyclic) bond motifs is 1. The van der Waals surface area contributed by atoms with Crippen molar-refractivity contribution >= 4 is 35.8 Å². The van der Waals surface area contributed by atoms with E-state index in [1.807, 2.05) is 42.6 Å². The van der Waals surface area contributed by atoms with Gasteiger partial charge in [0.05, 0.1) is 17.6 Å². The van der Waals surface area contributed by atoms with Crippen LogP contribution in [0.1, 0.15) is 20.3 Å². The van der Waals surface area contributed by atoms with Gasteiger partial charge < -0.3 is 4.74 Å². The van der Waals surface area contributed by atoms with Crippen LogP contribution in [0.2, 0.25) is 0 Å². The maximum Gasteiger partial charge on any atom is 0.306 e. The number of hydrogen-bond acceptors (Lipinski definition) is 4. The first-order chi connectivity index (χ1) is 8.66. The molecule has 4 nitrogen and oxygen atoms in total. The molecule has 2 aromatic heterocycles. The van der Waals surface area contributed by atoms with E-state index in [4.69, 9.17) is 4.74 Å². The minimum atomic E-state index is -0.143. The maximum absolute atomic E-state index is 11.4. The molecule has 6 heteroatoms. The van der Waals surface area contributed by atoms with Gasteiger partial charge in [-0.2, -0.15) is 0 Å². The summed E-state index contributed by atoms with van der Waals surface area (Å²) in [6.07, 6.45) is 4.07. The Morgan fingerprint density at radius 2 is 2.26 bits per heavy atom. The van der Waals surface area contributed by atoms with E-state index in [0.29, 0.717) is 12.2 Å². The second-order valence-electron chi connectivity index (χ2n) is 4.16. The Morgan fingerprint density at radius 1 is 1.47 bits per heavy atom. The lowest BCUT2D eigenvalue weighted by Gasteiger charge is -2.08. The first-order valence-electron chi connectivity index (χ1n) is 5.91. The number of carbonyl (C=O) groups is 1. The van der Waals surface area contributed by atoms with Crippen LogP contribution in [0.4, 0.5) is 0 Å². The molecule has 0 aliphatic heterocycles. The lowest BCUT2D eigenvalue weighted by Crippen LogP contribution is -2.11. The molecule has 19 heavy (non-hydrogen) atoms. The van der Waals surface area contributed by atoms with Crippen LogP contribution in [-0.4, -0.2) is 27.2 Å². The molecular formula is C13H17ClN2O2S. The van der Waals surface area contributed by atoms with Crippen molar-refractivity contribution in [1.82, 2.24) is 9.38 Å². The summed E-state index contributed by atoms with van der Waals surface area (Å²) in [4.78, 5) is 15.6. The lowest BCUT2D eigenvalue weighted by molar-refractivity contribution is -0.146. The predicted octanol–water partition coefficient (Wildman–Crippen LogP) is 3.19. The van der Waals surface area contributed by atoms with Crippen molar-refractivity contribution in [3.8, 4) is 0 Å². The van der Waals surface area contributed by atoms with Crippen LogP contribution in [0.25, 0.3) is 5.65 Å². The minimum Gasteiger partial charge on any atom is -0.463 e. The molecule has 2 aromatic rings. The largest absolute Gasteiger partial charge is 0.463 e. The highest BCUT2D eigenvalue weighted by molar-refractivity contribution is 7.99. The van der Waals surface area contributed by atoms with Crippen LogP contribution in [0, 0.1) is 0 Å². The van der Waals surface area contributed by atoms with Crippen LogP contribution >= 0.6 is 24.2 Å². The smallest absolute Gasteiger partial charge is 0.306 e. The molecule has 0 amide bonds. The highest BCUT2D eigenvalue weighted by Gasteiger charge is 2.07. The van der Waals surface area contributed by atoms with Gasteiger partial charge in [0, 0.05) is 18.1 Å². The van der Waals surface area contributed by atoms with Gasteiger partial charge in [-0.25, -0.2) is 4.98 Å². The Hall–Kier alpha value is -1.20. The molecule has 0 aromatic carbocycles. The summed E-state index contributed by atoms with van der Waals surface area (Å²) in [5, 5.41) is 1.09. The van der Waals surface area contributed by atoms with E-state index >= 15 is 0 Å². The first-order valence-corrected chi connectivity index (χ1v) is 6.90. The van der Waals surface area contributed by atoms with Gasteiger partial charge in [0.15, 0.2) is 0 Å². The Kier molecular flexibility index (Phi) is 6.18. The SMILES string of the molecule is CC(C)OC(=O)CCSc1cccc2nccn12.Cl. The summed E-state index contributed by atoms with van der Waals surface area (Å²) in [5.74, 6) is 0.568. The molecule has 2 rings (SSSR count). The molecule has 0 aliphatic carbocycles. The van der Waals surface area contributed by atoms with E-state index in [2.05, 4.69) is 4.98 Å². The molecular weight excluding hydrogens is 284 g/mol. The van der Waals surface area contributed by atoms with Crippen molar-refractivity contribution in [1.29, 1.82) is 0 Å². The minimum absolute atomic E-state index is 0. The van der Waals surface area contributed by atoms with Crippen molar-refractivity contribution in [2.24, 2.45) is 0 Å². The molecule has 0 aliphatic rings. The average Bonchev–Trinajstić information content (AvgIpc) is 2.76. The molecule has 0 unspecified atom stereocenters. The highest BCUT2D eigenvalue weighted by Crippen LogP contribution is 2.20. The molecule has 0 spiro atoms. The topological polar surface area (TPSA) is 43.6 Å². The number of imidazole rings is 1. The molecule has 0 bridgehead atoms. The van der Waals surface area contributed by atoms with E-state index < -0.39 is 0 Å². The number of halogens is 1. The van der Waals surface area contributed by atoms with E-state index in [9.17, 15) is 4.79 Å². The van der Waals surface area contributed by atoms with E-state index in [1.54, 1.807) is 18.0 Å². The van der Waals surface area contributed by atoms with Crippen LogP contribution in [-0.2, 0) is 9.53 Å². The predicted molar refractivity (Wildman–Crippen MR) is 79.0 cm³/mol. The van der Waals surface area contributed by atoms with Gasteiger partial charge in [0.2, 0.25) is 0 Å². The van der Waals surface area contributed by atoms with Gasteiger partial charge in [-0.1, -0.05) is 6.07 Å². The Bertz CT molecular complexity index is 542. The summed E-state index contributed by atoms with van der Waals surface area (Å²) in [6, 6.07) is 5.95. The maximum atomic E-state index is 11.4. The molecule has 0 radical (unpaired) electrons. The van der Waals surface area contributed by atoms with Crippen LogP contribution < -0.4 is 0 Å². The van der Waals surface area contributed by atoms with Gasteiger partial charge in [-0.3, -0.25) is 9.20 Å². The number of pyridine rings is 1. The lowest BCUT2D eigenvalue weighted by atomic mass is 10.4. The molecule has 104 valence electrons. The average molecular weight is 301 g/mol. The number of rotatable bonds is 5. The van der Waals surface area contributed by atoms with Gasteiger partial charge in [0.1, 0.15) is 5.65 Å². The summed E-state index contributed by atoms with van der Waals surface area (Å²) < 4.78 is 7.10. The number of thioether (sulfide) groups is 1. The standard InChI is InChI=1S/C13H16N2O2S.ClH/c1-10(2)17-13(16)6-9-18-12-5-3-4-11-14-7-8-15(11)12;/h3-5,7-8,10H,6,9H2,1-2H3;1H. The second kappa shape index (κ2) is 7.40. The number of nitrogens with zero attached hydrogens (tertiary/aromatic N) is 2. The zero-order valence-corrected chi connectivity index (χ0v) is 12.5. The number of aromatic nitrogens is 2. The Labute approximate surface area is 123 Å². The Balaban J connectivity index is 0.00000180. The molecule has 2 heterocycles. The number of hydrogen-bond donors (Lipinski definition) is 0. The van der Waals surface area contributed by atoms with Crippen molar-refractivity contribution in [3.63, 3.8) is 0 Å². The van der Waals surface area contributed by atoms with Crippen LogP contribution in [0.5, 0.6) is 0 Å². The zero-order chi connectivity index (χ0) is 13.0. The highest BCUT2D eigenvalue weighted by atomic mass is 35.5. The van der Waals surface area contributed by atoms with Gasteiger partial charge in [0.25, 0.3) is 0 Å². The van der Waals surface area contributed by atoms with Crippen LogP contribution in [0.15, 0.2) is 35.6 Å². The first kappa shape index (κ1) is 15.9.